The second-order valence-electron chi connectivity index (χ2n) is 4.20. The van der Waals surface area contributed by atoms with E-state index in [0.29, 0.717) is 19.6 Å². The zero-order valence-electron chi connectivity index (χ0n) is 10.1. The number of hydrogen-bond acceptors (Lipinski definition) is 5. The fourth-order valence-corrected chi connectivity index (χ4v) is 3.73. The number of benzene rings is 1. The molecule has 1 heterocycles. The number of nitrogens with two attached hydrogens (primary N) is 1. The molecule has 0 spiro atoms. The van der Waals surface area contributed by atoms with Crippen LogP contribution in [-0.4, -0.2) is 33.7 Å². The minimum Gasteiger partial charge on any atom is -0.456 e. The lowest BCUT2D eigenvalue weighted by atomic mass is 10.2. The molecule has 6 nitrogen and oxygen atoms in total. The molecule has 0 aromatic heterocycles. The molecule has 110 valence electrons. The zero-order valence-corrected chi connectivity index (χ0v) is 13.3. The minimum atomic E-state index is -3.97. The first-order chi connectivity index (χ1) is 9.29. The Bertz CT molecular complexity index is 642. The van der Waals surface area contributed by atoms with Gasteiger partial charge in [-0.1, -0.05) is 11.6 Å². The van der Waals surface area contributed by atoms with Crippen LogP contribution in [0.3, 0.4) is 0 Å². The number of halogens is 2. The van der Waals surface area contributed by atoms with E-state index in [0.717, 1.165) is 6.07 Å². The lowest BCUT2D eigenvalue weighted by molar-refractivity contribution is 0.0270. The van der Waals surface area contributed by atoms with E-state index in [9.17, 15) is 13.2 Å². The average Bonchev–Trinajstić information content (AvgIpc) is 2.79. The number of carbonyl (C=O) groups is 1. The molecule has 0 aliphatic carbocycles. The van der Waals surface area contributed by atoms with Gasteiger partial charge in [0.25, 0.3) is 0 Å². The van der Waals surface area contributed by atoms with Gasteiger partial charge in [-0.3, -0.25) is 0 Å². The first-order valence-corrected chi connectivity index (χ1v) is 8.31. The summed E-state index contributed by atoms with van der Waals surface area (Å²) in [4.78, 5) is 11.8. The van der Waals surface area contributed by atoms with Crippen molar-refractivity contribution in [1.29, 1.82) is 0 Å². The summed E-state index contributed by atoms with van der Waals surface area (Å²) >= 11 is 8.97. The van der Waals surface area contributed by atoms with Crippen molar-refractivity contribution in [2.75, 3.05) is 13.2 Å². The highest BCUT2D eigenvalue weighted by Crippen LogP contribution is 2.29. The first kappa shape index (κ1) is 15.7. The predicted molar refractivity (Wildman–Crippen MR) is 75.2 cm³/mol. The normalized spacial score (nSPS) is 19.1. The van der Waals surface area contributed by atoms with E-state index >= 15 is 0 Å². The van der Waals surface area contributed by atoms with Gasteiger partial charge in [-0.15, -0.1) is 0 Å². The Kier molecular flexibility index (Phi) is 4.70. The van der Waals surface area contributed by atoms with Gasteiger partial charge in [0.05, 0.1) is 28.7 Å². The zero-order chi connectivity index (χ0) is 14.9. The molecule has 1 aromatic rings. The molecule has 1 atom stereocenters. The molecule has 1 fully saturated rings. The summed E-state index contributed by atoms with van der Waals surface area (Å²) in [6.45, 7) is 0.844. The molecule has 1 unspecified atom stereocenters. The van der Waals surface area contributed by atoms with Crippen molar-refractivity contribution in [3.05, 3.63) is 27.2 Å². The Labute approximate surface area is 129 Å². The first-order valence-electron chi connectivity index (χ1n) is 5.59. The van der Waals surface area contributed by atoms with Crippen molar-refractivity contribution in [2.24, 2.45) is 5.14 Å². The van der Waals surface area contributed by atoms with E-state index in [1.165, 1.54) is 6.07 Å². The summed E-state index contributed by atoms with van der Waals surface area (Å²) in [6.07, 6.45) is 0.252. The van der Waals surface area contributed by atoms with Gasteiger partial charge in [-0.05, 0) is 28.1 Å². The summed E-state index contributed by atoms with van der Waals surface area (Å²) < 4.78 is 33.3. The number of esters is 1. The molecule has 2 N–H and O–H groups in total. The molecular formula is C11H11BrClNO5S. The van der Waals surface area contributed by atoms with Gasteiger partial charge in [0.1, 0.15) is 6.10 Å². The summed E-state index contributed by atoms with van der Waals surface area (Å²) in [7, 11) is -3.97. The van der Waals surface area contributed by atoms with E-state index in [-0.39, 0.29) is 26.1 Å². The van der Waals surface area contributed by atoms with Crippen molar-refractivity contribution in [3.8, 4) is 0 Å². The maximum absolute atomic E-state index is 12.0. The Morgan fingerprint density at radius 3 is 2.75 bits per heavy atom. The van der Waals surface area contributed by atoms with Crippen LogP contribution in [0, 0.1) is 0 Å². The lowest BCUT2D eigenvalue weighted by Crippen LogP contribution is -2.19. The number of ether oxygens (including phenoxy) is 2. The predicted octanol–water partition coefficient (Wildman–Crippen LogP) is 1.70. The highest BCUT2D eigenvalue weighted by molar-refractivity contribution is 9.10. The third-order valence-electron chi connectivity index (χ3n) is 2.71. The smallest absolute Gasteiger partial charge is 0.340 e. The second-order valence-corrected chi connectivity index (χ2v) is 6.99. The molecule has 20 heavy (non-hydrogen) atoms. The maximum Gasteiger partial charge on any atom is 0.340 e. The van der Waals surface area contributed by atoms with Gasteiger partial charge in [-0.25, -0.2) is 18.4 Å². The molecule has 9 heteroatoms. The van der Waals surface area contributed by atoms with Gasteiger partial charge in [0, 0.05) is 10.9 Å². The molecule has 0 saturated carbocycles. The Hall–Kier alpha value is -0.670. The molecule has 0 radical (unpaired) electrons. The monoisotopic (exact) mass is 383 g/mol. The molecular weight excluding hydrogens is 374 g/mol. The quantitative estimate of drug-likeness (QED) is 0.800. The number of sulfonamides is 1. The van der Waals surface area contributed by atoms with Crippen molar-refractivity contribution in [1.82, 2.24) is 0 Å². The summed E-state index contributed by atoms with van der Waals surface area (Å²) in [5.41, 5.74) is -0.0502. The molecule has 1 saturated heterocycles. The van der Waals surface area contributed by atoms with Crippen molar-refractivity contribution in [3.63, 3.8) is 0 Å². The SMILES string of the molecule is NS(=O)(=O)c1cc(C(=O)OC2CCOC2)c(Cl)cc1Br. The molecule has 2 rings (SSSR count). The Morgan fingerprint density at radius 2 is 2.20 bits per heavy atom. The van der Waals surface area contributed by atoms with Crippen LogP contribution in [0.4, 0.5) is 0 Å². The summed E-state index contributed by atoms with van der Waals surface area (Å²) in [6, 6.07) is 2.39. The fourth-order valence-electron chi connectivity index (χ4n) is 1.72. The number of carbonyl (C=O) groups excluding carboxylic acids is 1. The molecule has 0 bridgehead atoms. The maximum atomic E-state index is 12.0. The number of hydrogen-bond donors (Lipinski definition) is 1. The van der Waals surface area contributed by atoms with Crippen LogP contribution in [0.15, 0.2) is 21.5 Å². The number of primary sulfonamides is 1. The Morgan fingerprint density at radius 1 is 1.50 bits per heavy atom. The van der Waals surface area contributed by atoms with Crippen LogP contribution >= 0.6 is 27.5 Å². The molecule has 1 aliphatic heterocycles. The minimum absolute atomic E-state index is 0.0502. The fraction of sp³-hybridized carbons (Fsp3) is 0.364. The van der Waals surface area contributed by atoms with Crippen molar-refractivity contribution >= 4 is 43.5 Å². The topological polar surface area (TPSA) is 95.7 Å². The van der Waals surface area contributed by atoms with E-state index in [2.05, 4.69) is 15.9 Å². The van der Waals surface area contributed by atoms with Crippen LogP contribution in [-0.2, 0) is 19.5 Å². The highest BCUT2D eigenvalue weighted by Gasteiger charge is 2.24. The van der Waals surface area contributed by atoms with Gasteiger partial charge >= 0.3 is 5.97 Å². The van der Waals surface area contributed by atoms with Crippen LogP contribution in [0.1, 0.15) is 16.8 Å². The summed E-state index contributed by atoms with van der Waals surface area (Å²) in [5.74, 6) is -0.706. The second kappa shape index (κ2) is 5.98. The third kappa shape index (κ3) is 3.50. The van der Waals surface area contributed by atoms with Crippen LogP contribution in [0.5, 0.6) is 0 Å². The van der Waals surface area contributed by atoms with E-state index in [4.69, 9.17) is 26.2 Å². The van der Waals surface area contributed by atoms with E-state index < -0.39 is 16.0 Å². The van der Waals surface area contributed by atoms with Gasteiger partial charge in [0.15, 0.2) is 0 Å². The van der Waals surface area contributed by atoms with Crippen LogP contribution in [0.25, 0.3) is 0 Å². The third-order valence-corrected chi connectivity index (χ3v) is 4.89. The van der Waals surface area contributed by atoms with Gasteiger partial charge in [0.2, 0.25) is 10.0 Å². The highest BCUT2D eigenvalue weighted by atomic mass is 79.9. The largest absolute Gasteiger partial charge is 0.456 e. The van der Waals surface area contributed by atoms with Gasteiger partial charge in [-0.2, -0.15) is 0 Å². The molecule has 0 amide bonds. The number of rotatable bonds is 3. The molecule has 1 aromatic carbocycles. The van der Waals surface area contributed by atoms with E-state index in [1.54, 1.807) is 0 Å². The summed E-state index contributed by atoms with van der Waals surface area (Å²) in [5, 5.41) is 5.14. The Balaban J connectivity index is 2.33. The average molecular weight is 385 g/mol. The molecule has 1 aliphatic rings. The van der Waals surface area contributed by atoms with Gasteiger partial charge < -0.3 is 9.47 Å². The van der Waals surface area contributed by atoms with E-state index in [1.807, 2.05) is 0 Å². The standard InChI is InChI=1S/C11H11BrClNO5S/c12-8-4-9(13)7(3-10(8)20(14,16)17)11(15)19-6-1-2-18-5-6/h3-4,6H,1-2,5H2,(H2,14,16,17). The van der Waals surface area contributed by atoms with Crippen LogP contribution in [0.2, 0.25) is 5.02 Å². The van der Waals surface area contributed by atoms with Crippen LogP contribution < -0.4 is 5.14 Å². The van der Waals surface area contributed by atoms with Crippen molar-refractivity contribution < 1.29 is 22.7 Å². The van der Waals surface area contributed by atoms with Crippen molar-refractivity contribution in [2.45, 2.75) is 17.4 Å². The lowest BCUT2D eigenvalue weighted by Gasteiger charge is -2.12.